The topological polar surface area (TPSA) is 181 Å². The van der Waals surface area contributed by atoms with Crippen molar-refractivity contribution >= 4 is 5.91 Å². The quantitative estimate of drug-likeness (QED) is 0.0357. The Morgan fingerprint density at radius 3 is 1.89 bits per heavy atom. The predicted molar refractivity (Wildman–Crippen MR) is 204 cm³/mol. The third-order valence-corrected chi connectivity index (χ3v) is 12.8. The lowest BCUT2D eigenvalue weighted by Crippen LogP contribution is -2.60. The minimum absolute atomic E-state index is 0.257. The molecule has 4 rings (SSSR count). The van der Waals surface area contributed by atoms with E-state index in [1.54, 1.807) is 0 Å². The molecule has 13 atom stereocenters. The smallest absolute Gasteiger partial charge is 0.220 e. The number of hydrogen-bond acceptors (Lipinski definition) is 10. The molecule has 5 unspecified atom stereocenters. The molecule has 11 heteroatoms. The largest absolute Gasteiger partial charge is 0.394 e. The molecule has 2 saturated heterocycles. The molecule has 4 fully saturated rings. The highest BCUT2D eigenvalue weighted by atomic mass is 16.7. The van der Waals surface area contributed by atoms with E-state index in [0.29, 0.717) is 18.6 Å². The van der Waals surface area contributed by atoms with Crippen LogP contribution in [0.3, 0.4) is 0 Å². The first-order chi connectivity index (χ1) is 25.7. The molecular formula is C42H77NO10. The molecule has 2 saturated carbocycles. The molecule has 2 aliphatic carbocycles. The summed E-state index contributed by atoms with van der Waals surface area (Å²) in [5.74, 6) is 2.35. The number of aliphatic hydroxyl groups excluding tert-OH is 6. The number of fused-ring (bicyclic) bond motifs is 5. The molecule has 11 nitrogen and oxygen atoms in total. The van der Waals surface area contributed by atoms with Crippen LogP contribution in [0.2, 0.25) is 0 Å². The van der Waals surface area contributed by atoms with Gasteiger partial charge in [-0.2, -0.15) is 0 Å². The van der Waals surface area contributed by atoms with E-state index in [2.05, 4.69) is 12.2 Å². The van der Waals surface area contributed by atoms with E-state index in [4.69, 9.17) is 14.2 Å². The van der Waals surface area contributed by atoms with Gasteiger partial charge in [-0.15, -0.1) is 0 Å². The minimum Gasteiger partial charge on any atom is -0.394 e. The Hall–Kier alpha value is -0.890. The summed E-state index contributed by atoms with van der Waals surface area (Å²) >= 11 is 0. The van der Waals surface area contributed by atoms with Gasteiger partial charge in [0, 0.05) is 6.42 Å². The third kappa shape index (κ3) is 14.8. The zero-order valence-corrected chi connectivity index (χ0v) is 32.9. The van der Waals surface area contributed by atoms with E-state index in [1.165, 1.54) is 96.3 Å². The lowest BCUT2D eigenvalue weighted by Gasteiger charge is -2.40. The van der Waals surface area contributed by atoms with Crippen LogP contribution in [0.15, 0.2) is 0 Å². The lowest BCUT2D eigenvalue weighted by atomic mass is 9.85. The second-order valence-electron chi connectivity index (χ2n) is 17.0. The maximum absolute atomic E-state index is 13.0. The molecule has 4 aliphatic rings. The van der Waals surface area contributed by atoms with Gasteiger partial charge in [-0.3, -0.25) is 4.79 Å². The minimum atomic E-state index is -1.60. The van der Waals surface area contributed by atoms with E-state index in [1.807, 2.05) is 0 Å². The molecule has 2 aliphatic heterocycles. The predicted octanol–water partition coefficient (Wildman–Crippen LogP) is 5.43. The highest BCUT2D eigenvalue weighted by molar-refractivity contribution is 5.76. The summed E-state index contributed by atoms with van der Waals surface area (Å²) in [6.45, 7) is 1.34. The second kappa shape index (κ2) is 24.7. The van der Waals surface area contributed by atoms with Crippen LogP contribution in [0.5, 0.6) is 0 Å². The average Bonchev–Trinajstić information content (AvgIpc) is 3.76. The van der Waals surface area contributed by atoms with Gasteiger partial charge in [0.2, 0.25) is 5.91 Å². The van der Waals surface area contributed by atoms with Crippen LogP contribution in [0.1, 0.15) is 167 Å². The van der Waals surface area contributed by atoms with Gasteiger partial charge in [0.05, 0.1) is 37.6 Å². The lowest BCUT2D eigenvalue weighted by molar-refractivity contribution is -0.303. The molecule has 2 heterocycles. The Kier molecular flexibility index (Phi) is 20.9. The Bertz CT molecular complexity index is 988. The van der Waals surface area contributed by atoms with Gasteiger partial charge < -0.3 is 50.2 Å². The molecule has 2 bridgehead atoms. The molecule has 1 amide bonds. The summed E-state index contributed by atoms with van der Waals surface area (Å²) in [6, 6.07) is -0.986. The normalized spacial score (nSPS) is 32.1. The van der Waals surface area contributed by atoms with E-state index in [9.17, 15) is 35.4 Å². The fraction of sp³-hybridized carbons (Fsp3) is 0.976. The van der Waals surface area contributed by atoms with Crippen molar-refractivity contribution in [2.45, 2.75) is 229 Å². The monoisotopic (exact) mass is 756 g/mol. The van der Waals surface area contributed by atoms with Crippen LogP contribution in [-0.2, 0) is 19.0 Å². The molecule has 0 aromatic rings. The number of hydrogen-bond donors (Lipinski definition) is 7. The Labute approximate surface area is 319 Å². The standard InChI is InChI=1S/C42H77NO10/c1-2-3-4-5-6-7-8-9-10-14-17-20-23-33(45)36(47)32(28-51-42-39(50)38(49)37(48)34(27-44)52-42)43-35(46)24-21-18-15-12-11-13-16-19-22-29-25-30-26-31(29)41-40(30)53-41/h29-34,36-42,44-45,47-50H,2-28H2,1H3,(H,43,46)/t29-,30+,31+,32-,33+,34?,36-,37?,38?,39?,40+,41-,42?/m0/s1. The first-order valence-corrected chi connectivity index (χ1v) is 22.0. The first kappa shape index (κ1) is 44.8. The van der Waals surface area contributed by atoms with Gasteiger partial charge in [-0.05, 0) is 43.4 Å². The van der Waals surface area contributed by atoms with Crippen LogP contribution in [0.4, 0.5) is 0 Å². The Balaban J connectivity index is 1.09. The number of nitrogens with one attached hydrogen (secondary N) is 1. The molecule has 53 heavy (non-hydrogen) atoms. The van der Waals surface area contributed by atoms with Crippen LogP contribution in [0.25, 0.3) is 0 Å². The molecule has 0 aromatic carbocycles. The molecule has 0 spiro atoms. The zero-order chi connectivity index (χ0) is 38.0. The summed E-state index contributed by atoms with van der Waals surface area (Å²) in [4.78, 5) is 13.0. The van der Waals surface area contributed by atoms with Crippen LogP contribution in [0, 0.1) is 17.8 Å². The van der Waals surface area contributed by atoms with Gasteiger partial charge in [0.25, 0.3) is 0 Å². The van der Waals surface area contributed by atoms with Crippen molar-refractivity contribution in [2.24, 2.45) is 17.8 Å². The van der Waals surface area contributed by atoms with Crippen molar-refractivity contribution < 1.29 is 49.6 Å². The van der Waals surface area contributed by atoms with Crippen molar-refractivity contribution in [3.63, 3.8) is 0 Å². The fourth-order valence-corrected chi connectivity index (χ4v) is 9.36. The summed E-state index contributed by atoms with van der Waals surface area (Å²) in [7, 11) is 0. The van der Waals surface area contributed by atoms with Gasteiger partial charge in [0.1, 0.15) is 30.5 Å². The summed E-state index contributed by atoms with van der Waals surface area (Å²) in [5, 5.41) is 65.1. The number of amides is 1. The number of carbonyl (C=O) groups is 1. The number of carbonyl (C=O) groups excluding carboxylic acids is 1. The van der Waals surface area contributed by atoms with Crippen molar-refractivity contribution in [3.05, 3.63) is 0 Å². The summed E-state index contributed by atoms with van der Waals surface area (Å²) < 4.78 is 17.0. The maximum atomic E-state index is 13.0. The number of aliphatic hydroxyl groups is 6. The van der Waals surface area contributed by atoms with E-state index >= 15 is 0 Å². The number of rotatable bonds is 31. The maximum Gasteiger partial charge on any atom is 0.220 e. The molecule has 7 N–H and O–H groups in total. The van der Waals surface area contributed by atoms with Gasteiger partial charge in [-0.1, -0.05) is 135 Å². The molecule has 310 valence electrons. The highest BCUT2D eigenvalue weighted by Gasteiger charge is 2.62. The van der Waals surface area contributed by atoms with Gasteiger partial charge in [-0.25, -0.2) is 0 Å². The van der Waals surface area contributed by atoms with Crippen molar-refractivity contribution in [1.82, 2.24) is 5.32 Å². The second-order valence-corrected chi connectivity index (χ2v) is 17.0. The molecular weight excluding hydrogens is 678 g/mol. The van der Waals surface area contributed by atoms with Crippen molar-refractivity contribution in [2.75, 3.05) is 13.2 Å². The number of epoxide rings is 1. The first-order valence-electron chi connectivity index (χ1n) is 22.0. The van der Waals surface area contributed by atoms with E-state index < -0.39 is 55.6 Å². The van der Waals surface area contributed by atoms with Crippen molar-refractivity contribution in [1.29, 1.82) is 0 Å². The summed E-state index contributed by atoms with van der Waals surface area (Å²) in [6.07, 6.45) is 19.7. The average molecular weight is 756 g/mol. The van der Waals surface area contributed by atoms with Crippen LogP contribution >= 0.6 is 0 Å². The van der Waals surface area contributed by atoms with Gasteiger partial charge >= 0.3 is 0 Å². The Morgan fingerprint density at radius 2 is 1.30 bits per heavy atom. The fourth-order valence-electron chi connectivity index (χ4n) is 9.36. The zero-order valence-electron chi connectivity index (χ0n) is 32.9. The molecule has 0 aromatic heterocycles. The van der Waals surface area contributed by atoms with Crippen LogP contribution in [-0.4, -0.2) is 111 Å². The van der Waals surface area contributed by atoms with E-state index in [0.717, 1.165) is 69.1 Å². The highest BCUT2D eigenvalue weighted by Crippen LogP contribution is 2.59. The third-order valence-electron chi connectivity index (χ3n) is 12.8. The van der Waals surface area contributed by atoms with Crippen molar-refractivity contribution in [3.8, 4) is 0 Å². The summed E-state index contributed by atoms with van der Waals surface area (Å²) in [5.41, 5.74) is 0. The van der Waals surface area contributed by atoms with Crippen LogP contribution < -0.4 is 5.32 Å². The molecule has 0 radical (unpaired) electrons. The number of ether oxygens (including phenoxy) is 3. The van der Waals surface area contributed by atoms with E-state index in [-0.39, 0.29) is 18.9 Å². The van der Waals surface area contributed by atoms with Gasteiger partial charge in [0.15, 0.2) is 6.29 Å². The number of unbranched alkanes of at least 4 members (excludes halogenated alkanes) is 18. The Morgan fingerprint density at radius 1 is 0.717 bits per heavy atom. The SMILES string of the molecule is CCCCCCCCCCCCCC[C@@H](O)[C@@H](O)[C@H](COC1OC(CO)C(O)C(O)C1O)NC(=O)CCCCCCCCCC[C@H]1C[C@@H]2C[C@H]1[C@@H]1O[C@H]21.